The Morgan fingerprint density at radius 1 is 1.30 bits per heavy atom. The van der Waals surface area contributed by atoms with Crippen molar-refractivity contribution in [3.05, 3.63) is 58.0 Å². The average molecular weight is 350 g/mol. The number of ether oxygens (including phenoxy) is 1. The molecule has 0 amide bonds. The van der Waals surface area contributed by atoms with Crippen molar-refractivity contribution in [1.29, 1.82) is 0 Å². The van der Waals surface area contributed by atoms with Crippen LogP contribution >= 0.6 is 23.8 Å². The Morgan fingerprint density at radius 3 is 2.87 bits per heavy atom. The predicted octanol–water partition coefficient (Wildman–Crippen LogP) is 2.20. The standard InChI is InChI=1S/C16H17ClN4OS/c1-19(10-12-9-13(17)6-7-14(12)22-2)11-21-16(23)20-8-4-3-5-15(20)18-21/h3-9H,10-11H2,1-2H3/p+1. The Bertz CT molecular complexity index is 889. The van der Waals surface area contributed by atoms with Crippen molar-refractivity contribution in [2.24, 2.45) is 0 Å². The van der Waals surface area contributed by atoms with Crippen molar-refractivity contribution < 1.29 is 9.64 Å². The zero-order chi connectivity index (χ0) is 16.4. The lowest BCUT2D eigenvalue weighted by atomic mass is 10.2. The summed E-state index contributed by atoms with van der Waals surface area (Å²) in [6, 6.07) is 11.5. The molecule has 5 nitrogen and oxygen atoms in total. The van der Waals surface area contributed by atoms with Gasteiger partial charge < -0.3 is 9.64 Å². The average Bonchev–Trinajstić information content (AvgIpc) is 2.84. The molecule has 3 rings (SSSR count). The van der Waals surface area contributed by atoms with Gasteiger partial charge in [-0.1, -0.05) is 17.7 Å². The van der Waals surface area contributed by atoms with Crippen LogP contribution in [-0.4, -0.2) is 28.3 Å². The Hall–Kier alpha value is -1.89. The molecule has 2 aromatic heterocycles. The zero-order valence-electron chi connectivity index (χ0n) is 13.0. The van der Waals surface area contributed by atoms with E-state index in [1.165, 1.54) is 4.90 Å². The van der Waals surface area contributed by atoms with E-state index in [1.807, 2.05) is 51.7 Å². The maximum Gasteiger partial charge on any atom is 0.207 e. The van der Waals surface area contributed by atoms with E-state index in [4.69, 9.17) is 28.6 Å². The van der Waals surface area contributed by atoms with Gasteiger partial charge in [-0.3, -0.25) is 4.40 Å². The molecule has 1 N–H and O–H groups in total. The van der Waals surface area contributed by atoms with E-state index in [-0.39, 0.29) is 0 Å². The number of fused-ring (bicyclic) bond motifs is 1. The third-order valence-corrected chi connectivity index (χ3v) is 4.29. The lowest BCUT2D eigenvalue weighted by molar-refractivity contribution is -0.917. The maximum atomic E-state index is 6.09. The second-order valence-corrected chi connectivity index (χ2v) is 6.26. The molecule has 0 aliphatic heterocycles. The summed E-state index contributed by atoms with van der Waals surface area (Å²) in [6.07, 6.45) is 1.93. The van der Waals surface area contributed by atoms with Crippen LogP contribution in [0, 0.1) is 4.77 Å². The molecule has 0 fully saturated rings. The van der Waals surface area contributed by atoms with E-state index in [0.29, 0.717) is 16.5 Å². The number of hydrogen-bond donors (Lipinski definition) is 1. The lowest BCUT2D eigenvalue weighted by Crippen LogP contribution is -3.07. The van der Waals surface area contributed by atoms with Crippen molar-refractivity contribution in [2.45, 2.75) is 13.2 Å². The fraction of sp³-hybridized carbons (Fsp3) is 0.250. The van der Waals surface area contributed by atoms with Crippen molar-refractivity contribution in [2.75, 3.05) is 14.2 Å². The van der Waals surface area contributed by atoms with Crippen LogP contribution in [0.4, 0.5) is 0 Å². The van der Waals surface area contributed by atoms with Gasteiger partial charge in [-0.2, -0.15) is 4.68 Å². The van der Waals surface area contributed by atoms with Gasteiger partial charge in [0, 0.05) is 16.8 Å². The monoisotopic (exact) mass is 349 g/mol. The molecular formula is C16H18ClN4OS+. The fourth-order valence-electron chi connectivity index (χ4n) is 2.59. The van der Waals surface area contributed by atoms with Crippen LogP contribution < -0.4 is 9.64 Å². The van der Waals surface area contributed by atoms with Crippen molar-refractivity contribution in [3.8, 4) is 5.75 Å². The summed E-state index contributed by atoms with van der Waals surface area (Å²) in [6.45, 7) is 1.43. The highest BCUT2D eigenvalue weighted by molar-refractivity contribution is 7.71. The van der Waals surface area contributed by atoms with Gasteiger partial charge >= 0.3 is 0 Å². The van der Waals surface area contributed by atoms with Gasteiger partial charge in [-0.05, 0) is 42.5 Å². The van der Waals surface area contributed by atoms with Gasteiger partial charge in [0.25, 0.3) is 0 Å². The van der Waals surface area contributed by atoms with Crippen LogP contribution in [0.2, 0.25) is 5.02 Å². The van der Waals surface area contributed by atoms with Gasteiger partial charge in [-0.15, -0.1) is 5.10 Å². The quantitative estimate of drug-likeness (QED) is 0.717. The van der Waals surface area contributed by atoms with Crippen LogP contribution in [0.5, 0.6) is 5.75 Å². The minimum atomic E-state index is 0.663. The van der Waals surface area contributed by atoms with Crippen molar-refractivity contribution >= 4 is 29.5 Å². The zero-order valence-corrected chi connectivity index (χ0v) is 14.6. The predicted molar refractivity (Wildman–Crippen MR) is 92.6 cm³/mol. The first-order valence-electron chi connectivity index (χ1n) is 7.26. The first kappa shape index (κ1) is 16.0. The highest BCUT2D eigenvalue weighted by Crippen LogP contribution is 2.21. The minimum absolute atomic E-state index is 0.663. The number of methoxy groups -OCH3 is 1. The second kappa shape index (κ2) is 6.70. The van der Waals surface area contributed by atoms with E-state index >= 15 is 0 Å². The van der Waals surface area contributed by atoms with Crippen LogP contribution in [-0.2, 0) is 13.2 Å². The Kier molecular flexibility index (Phi) is 4.66. The third kappa shape index (κ3) is 3.39. The molecule has 0 saturated carbocycles. The lowest BCUT2D eigenvalue weighted by Gasteiger charge is -2.16. The largest absolute Gasteiger partial charge is 0.496 e. The number of rotatable bonds is 5. The Morgan fingerprint density at radius 2 is 2.13 bits per heavy atom. The van der Waals surface area contributed by atoms with Crippen molar-refractivity contribution in [1.82, 2.24) is 14.2 Å². The van der Waals surface area contributed by atoms with Gasteiger partial charge in [0.05, 0.1) is 14.2 Å². The smallest absolute Gasteiger partial charge is 0.207 e. The maximum absolute atomic E-state index is 6.09. The summed E-state index contributed by atoms with van der Waals surface area (Å²) < 4.78 is 9.85. The molecule has 0 spiro atoms. The van der Waals surface area contributed by atoms with E-state index in [2.05, 4.69) is 12.1 Å². The van der Waals surface area contributed by atoms with E-state index in [1.54, 1.807) is 7.11 Å². The summed E-state index contributed by atoms with van der Waals surface area (Å²) in [5.74, 6) is 0.840. The molecule has 1 aromatic carbocycles. The number of nitrogens with zero attached hydrogens (tertiary/aromatic N) is 3. The number of quaternary nitrogens is 1. The molecule has 23 heavy (non-hydrogen) atoms. The van der Waals surface area contributed by atoms with Gasteiger partial charge in [0.2, 0.25) is 4.77 Å². The topological polar surface area (TPSA) is 35.9 Å². The molecule has 0 aliphatic rings. The summed E-state index contributed by atoms with van der Waals surface area (Å²) in [4.78, 5) is 1.23. The van der Waals surface area contributed by atoms with E-state index in [9.17, 15) is 0 Å². The summed E-state index contributed by atoms with van der Waals surface area (Å²) in [7, 11) is 3.76. The molecule has 0 bridgehead atoms. The number of hydrogen-bond acceptors (Lipinski definition) is 3. The highest BCUT2D eigenvalue weighted by Gasteiger charge is 2.12. The number of pyridine rings is 1. The molecule has 120 valence electrons. The Balaban J connectivity index is 1.81. The van der Waals surface area contributed by atoms with Crippen molar-refractivity contribution in [3.63, 3.8) is 0 Å². The van der Waals surface area contributed by atoms with Crippen LogP contribution in [0.15, 0.2) is 42.6 Å². The van der Waals surface area contributed by atoms with Gasteiger partial charge in [0.1, 0.15) is 12.3 Å². The number of benzene rings is 1. The van der Waals surface area contributed by atoms with Gasteiger partial charge in [0.15, 0.2) is 12.3 Å². The SMILES string of the molecule is COc1ccc(Cl)cc1C[NH+](C)Cn1nc2ccccn2c1=S. The molecule has 0 radical (unpaired) electrons. The fourth-order valence-corrected chi connectivity index (χ4v) is 3.05. The summed E-state index contributed by atoms with van der Waals surface area (Å²) in [5.41, 5.74) is 1.92. The number of nitrogens with one attached hydrogen (secondary N) is 1. The van der Waals surface area contributed by atoms with Crippen LogP contribution in [0.25, 0.3) is 5.65 Å². The molecule has 1 atom stereocenters. The summed E-state index contributed by atoms with van der Waals surface area (Å²) in [5, 5.41) is 5.26. The molecular weight excluding hydrogens is 332 g/mol. The van der Waals surface area contributed by atoms with E-state index < -0.39 is 0 Å². The first-order chi connectivity index (χ1) is 11.1. The summed E-state index contributed by atoms with van der Waals surface area (Å²) >= 11 is 11.6. The third-order valence-electron chi connectivity index (χ3n) is 3.64. The highest BCUT2D eigenvalue weighted by atomic mass is 35.5. The van der Waals surface area contributed by atoms with Gasteiger partial charge in [-0.25, -0.2) is 0 Å². The Labute approximate surface area is 144 Å². The number of aromatic nitrogens is 3. The molecule has 1 unspecified atom stereocenters. The second-order valence-electron chi connectivity index (χ2n) is 5.46. The van der Waals surface area contributed by atoms with Crippen LogP contribution in [0.1, 0.15) is 5.56 Å². The normalized spacial score (nSPS) is 12.5. The molecule has 7 heteroatoms. The molecule has 0 saturated heterocycles. The molecule has 3 aromatic rings. The van der Waals surface area contributed by atoms with Crippen LogP contribution in [0.3, 0.4) is 0 Å². The number of halogens is 1. The molecule has 2 heterocycles. The molecule has 0 aliphatic carbocycles. The minimum Gasteiger partial charge on any atom is -0.496 e. The van der Waals surface area contributed by atoms with E-state index in [0.717, 1.165) is 23.5 Å². The first-order valence-corrected chi connectivity index (χ1v) is 8.05.